The number of aldehydes is 1. The van der Waals surface area contributed by atoms with Gasteiger partial charge in [0.25, 0.3) is 0 Å². The Morgan fingerprint density at radius 2 is 2.25 bits per heavy atom. The number of likely N-dealkylation sites (tertiary alicyclic amines) is 1. The average Bonchev–Trinajstić information content (AvgIpc) is 2.49. The zero-order valence-corrected chi connectivity index (χ0v) is 12.6. The average molecular weight is 275 g/mol. The van der Waals surface area contributed by atoms with Crippen molar-refractivity contribution in [3.63, 3.8) is 0 Å². The van der Waals surface area contributed by atoms with E-state index in [0.717, 1.165) is 36.3 Å². The normalized spacial score (nSPS) is 19.8. The highest BCUT2D eigenvalue weighted by Crippen LogP contribution is 2.27. The van der Waals surface area contributed by atoms with Crippen molar-refractivity contribution in [3.05, 3.63) is 29.3 Å². The first-order valence-corrected chi connectivity index (χ1v) is 7.64. The Morgan fingerprint density at radius 1 is 1.40 bits per heavy atom. The number of carbonyl (C=O) groups excluding carboxylic acids is 1. The van der Waals surface area contributed by atoms with Gasteiger partial charge < -0.3 is 4.74 Å². The summed E-state index contributed by atoms with van der Waals surface area (Å²) in [6, 6.07) is 6.36. The molecule has 2 rings (SSSR count). The van der Waals surface area contributed by atoms with Crippen LogP contribution in [0.4, 0.5) is 0 Å². The van der Waals surface area contributed by atoms with Gasteiger partial charge in [0.2, 0.25) is 0 Å². The zero-order valence-electron chi connectivity index (χ0n) is 12.6. The maximum absolute atomic E-state index is 11.0. The van der Waals surface area contributed by atoms with Crippen molar-refractivity contribution >= 4 is 6.29 Å². The van der Waals surface area contributed by atoms with E-state index in [4.69, 9.17) is 4.74 Å². The Balaban J connectivity index is 2.16. The zero-order chi connectivity index (χ0) is 14.4. The van der Waals surface area contributed by atoms with Crippen LogP contribution in [0.15, 0.2) is 18.2 Å². The summed E-state index contributed by atoms with van der Waals surface area (Å²) in [5.41, 5.74) is 1.85. The van der Waals surface area contributed by atoms with Gasteiger partial charge in [0.1, 0.15) is 12.0 Å². The standard InChI is InChI=1S/C17H25NO2/c1-3-6-16-7-4-5-10-18(16)12-15-11-14(13-19)8-9-17(15)20-2/h8-9,11,13,16H,3-7,10,12H2,1-2H3. The van der Waals surface area contributed by atoms with Crippen LogP contribution in [0.2, 0.25) is 0 Å². The molecule has 1 unspecified atom stereocenters. The minimum absolute atomic E-state index is 0.679. The molecule has 3 nitrogen and oxygen atoms in total. The van der Waals surface area contributed by atoms with Gasteiger partial charge in [0.05, 0.1) is 7.11 Å². The van der Waals surface area contributed by atoms with Gasteiger partial charge in [-0.15, -0.1) is 0 Å². The highest BCUT2D eigenvalue weighted by Gasteiger charge is 2.22. The molecule has 1 saturated heterocycles. The molecule has 0 bridgehead atoms. The van der Waals surface area contributed by atoms with Crippen LogP contribution in [-0.4, -0.2) is 30.9 Å². The first-order valence-electron chi connectivity index (χ1n) is 7.64. The second-order valence-corrected chi connectivity index (χ2v) is 5.60. The minimum atomic E-state index is 0.679. The van der Waals surface area contributed by atoms with Gasteiger partial charge in [-0.05, 0) is 44.0 Å². The van der Waals surface area contributed by atoms with Crippen molar-refractivity contribution in [1.82, 2.24) is 4.90 Å². The molecule has 0 N–H and O–H groups in total. The third-order valence-electron chi connectivity index (χ3n) is 4.18. The number of nitrogens with zero attached hydrogens (tertiary/aromatic N) is 1. The van der Waals surface area contributed by atoms with Crippen LogP contribution in [0.25, 0.3) is 0 Å². The second-order valence-electron chi connectivity index (χ2n) is 5.60. The molecule has 0 amide bonds. The van der Waals surface area contributed by atoms with Crippen LogP contribution in [0, 0.1) is 0 Å². The molecule has 0 saturated carbocycles. The molecule has 3 heteroatoms. The van der Waals surface area contributed by atoms with Gasteiger partial charge in [-0.25, -0.2) is 0 Å². The number of hydrogen-bond acceptors (Lipinski definition) is 3. The number of methoxy groups -OCH3 is 1. The van der Waals surface area contributed by atoms with Crippen molar-refractivity contribution in [1.29, 1.82) is 0 Å². The molecule has 1 fully saturated rings. The molecule has 0 aliphatic carbocycles. The number of piperidine rings is 1. The molecule has 1 atom stereocenters. The van der Waals surface area contributed by atoms with E-state index in [1.165, 1.54) is 32.1 Å². The predicted molar refractivity (Wildman–Crippen MR) is 81.3 cm³/mol. The van der Waals surface area contributed by atoms with Crippen LogP contribution in [0.3, 0.4) is 0 Å². The van der Waals surface area contributed by atoms with E-state index in [0.29, 0.717) is 6.04 Å². The van der Waals surface area contributed by atoms with Gasteiger partial charge in [0.15, 0.2) is 0 Å². The molecule has 0 spiro atoms. The molecule has 0 aromatic heterocycles. The largest absolute Gasteiger partial charge is 0.496 e. The highest BCUT2D eigenvalue weighted by molar-refractivity contribution is 5.75. The van der Waals surface area contributed by atoms with Gasteiger partial charge in [-0.3, -0.25) is 9.69 Å². The van der Waals surface area contributed by atoms with Crippen molar-refractivity contribution in [2.75, 3.05) is 13.7 Å². The fraction of sp³-hybridized carbons (Fsp3) is 0.588. The molecule has 0 radical (unpaired) electrons. The van der Waals surface area contributed by atoms with E-state index in [1.54, 1.807) is 7.11 Å². The smallest absolute Gasteiger partial charge is 0.150 e. The first-order chi connectivity index (χ1) is 9.78. The molecule has 1 heterocycles. The topological polar surface area (TPSA) is 29.5 Å². The van der Waals surface area contributed by atoms with Gasteiger partial charge in [-0.1, -0.05) is 19.8 Å². The fourth-order valence-corrected chi connectivity index (χ4v) is 3.14. The maximum Gasteiger partial charge on any atom is 0.150 e. The van der Waals surface area contributed by atoms with Crippen LogP contribution in [0.5, 0.6) is 5.75 Å². The summed E-state index contributed by atoms with van der Waals surface area (Å²) >= 11 is 0. The van der Waals surface area contributed by atoms with Crippen molar-refractivity contribution in [2.45, 2.75) is 51.6 Å². The van der Waals surface area contributed by atoms with Crippen LogP contribution in [0.1, 0.15) is 54.9 Å². The predicted octanol–water partition coefficient (Wildman–Crippen LogP) is 3.66. The van der Waals surface area contributed by atoms with E-state index in [2.05, 4.69) is 11.8 Å². The summed E-state index contributed by atoms with van der Waals surface area (Å²) in [7, 11) is 1.69. The minimum Gasteiger partial charge on any atom is -0.496 e. The number of hydrogen-bond donors (Lipinski definition) is 0. The van der Waals surface area contributed by atoms with E-state index >= 15 is 0 Å². The number of benzene rings is 1. The lowest BCUT2D eigenvalue weighted by molar-refractivity contribution is 0.112. The quantitative estimate of drug-likeness (QED) is 0.742. The Bertz CT molecular complexity index is 443. The van der Waals surface area contributed by atoms with Crippen LogP contribution >= 0.6 is 0 Å². The van der Waals surface area contributed by atoms with E-state index in [1.807, 2.05) is 18.2 Å². The van der Waals surface area contributed by atoms with E-state index < -0.39 is 0 Å². The van der Waals surface area contributed by atoms with Gasteiger partial charge >= 0.3 is 0 Å². The molecule has 1 aliphatic heterocycles. The first kappa shape index (κ1) is 15.0. The molecular weight excluding hydrogens is 250 g/mol. The van der Waals surface area contributed by atoms with Crippen molar-refractivity contribution < 1.29 is 9.53 Å². The van der Waals surface area contributed by atoms with Crippen LogP contribution < -0.4 is 4.74 Å². The lowest BCUT2D eigenvalue weighted by Crippen LogP contribution is -2.38. The molecule has 20 heavy (non-hydrogen) atoms. The summed E-state index contributed by atoms with van der Waals surface area (Å²) in [5, 5.41) is 0. The van der Waals surface area contributed by atoms with Gasteiger partial charge in [-0.2, -0.15) is 0 Å². The second kappa shape index (κ2) is 7.44. The third-order valence-corrected chi connectivity index (χ3v) is 4.18. The van der Waals surface area contributed by atoms with E-state index in [-0.39, 0.29) is 0 Å². The Morgan fingerprint density at radius 3 is 2.95 bits per heavy atom. The molecule has 1 aromatic rings. The van der Waals surface area contributed by atoms with Gasteiger partial charge in [0, 0.05) is 23.7 Å². The lowest BCUT2D eigenvalue weighted by atomic mass is 9.97. The summed E-state index contributed by atoms with van der Waals surface area (Å²) < 4.78 is 5.44. The SMILES string of the molecule is CCCC1CCCCN1Cc1cc(C=O)ccc1OC. The fourth-order valence-electron chi connectivity index (χ4n) is 3.14. The number of carbonyl (C=O) groups is 1. The molecule has 110 valence electrons. The molecule has 1 aliphatic rings. The number of ether oxygens (including phenoxy) is 1. The summed E-state index contributed by atoms with van der Waals surface area (Å²) in [4.78, 5) is 13.5. The van der Waals surface area contributed by atoms with E-state index in [9.17, 15) is 4.79 Å². The van der Waals surface area contributed by atoms with Crippen molar-refractivity contribution in [3.8, 4) is 5.75 Å². The Labute approximate surface area is 121 Å². The number of rotatable bonds is 6. The Hall–Kier alpha value is -1.35. The molecular formula is C17H25NO2. The monoisotopic (exact) mass is 275 g/mol. The lowest BCUT2D eigenvalue weighted by Gasteiger charge is -2.36. The summed E-state index contributed by atoms with van der Waals surface area (Å²) in [6.45, 7) is 4.29. The summed E-state index contributed by atoms with van der Waals surface area (Å²) in [5.74, 6) is 0.886. The third kappa shape index (κ3) is 3.60. The maximum atomic E-state index is 11.0. The molecule has 1 aromatic carbocycles. The van der Waals surface area contributed by atoms with Crippen molar-refractivity contribution in [2.24, 2.45) is 0 Å². The summed E-state index contributed by atoms with van der Waals surface area (Å²) in [6.07, 6.45) is 7.30. The van der Waals surface area contributed by atoms with Crippen LogP contribution in [-0.2, 0) is 6.54 Å². The Kier molecular flexibility index (Phi) is 5.60. The highest BCUT2D eigenvalue weighted by atomic mass is 16.5.